The normalized spacial score (nSPS) is 13.8. The lowest BCUT2D eigenvalue weighted by Gasteiger charge is -2.12. The summed E-state index contributed by atoms with van der Waals surface area (Å²) in [6.45, 7) is -0.659. The van der Waals surface area contributed by atoms with Crippen LogP contribution in [0.25, 0.3) is 0 Å². The molecule has 0 fully saturated rings. The number of hydrogen-bond donors (Lipinski definition) is 4. The van der Waals surface area contributed by atoms with E-state index in [2.05, 4.69) is 9.47 Å². The quantitative estimate of drug-likeness (QED) is 0.285. The van der Waals surface area contributed by atoms with Gasteiger partial charge in [-0.25, -0.2) is 0 Å². The Morgan fingerprint density at radius 2 is 1.17 bits per heavy atom. The van der Waals surface area contributed by atoms with E-state index >= 15 is 0 Å². The highest BCUT2D eigenvalue weighted by molar-refractivity contribution is 5.77. The lowest BCUT2D eigenvalue weighted by Crippen LogP contribution is -2.22. The maximum Gasteiger partial charge on any atom is 0.308 e. The van der Waals surface area contributed by atoms with Crippen molar-refractivity contribution in [3.8, 4) is 0 Å². The maximum absolute atomic E-state index is 11.1. The van der Waals surface area contributed by atoms with Crippen LogP contribution >= 0.6 is 0 Å². The van der Waals surface area contributed by atoms with Gasteiger partial charge in [0.25, 0.3) is 0 Å². The Morgan fingerprint density at radius 3 is 1.44 bits per heavy atom. The van der Waals surface area contributed by atoms with Crippen molar-refractivity contribution in [2.75, 3.05) is 13.2 Å². The Balaban J connectivity index is 3.74. The molecule has 0 aliphatic carbocycles. The Kier molecular flexibility index (Phi) is 9.11. The van der Waals surface area contributed by atoms with E-state index in [9.17, 15) is 9.59 Å². The van der Waals surface area contributed by atoms with Crippen LogP contribution in [0.15, 0.2) is 0 Å². The van der Waals surface area contributed by atoms with E-state index in [1.54, 1.807) is 0 Å². The molecule has 0 saturated heterocycles. The average molecular weight is 266 g/mol. The number of rotatable bonds is 9. The second kappa shape index (κ2) is 9.77. The van der Waals surface area contributed by atoms with Crippen LogP contribution in [0.5, 0.6) is 0 Å². The molecule has 0 spiro atoms. The van der Waals surface area contributed by atoms with Gasteiger partial charge in [-0.05, 0) is 0 Å². The van der Waals surface area contributed by atoms with Gasteiger partial charge in [0, 0.05) is 26.1 Å². The number of aliphatic hydroxyl groups is 4. The van der Waals surface area contributed by atoms with Gasteiger partial charge in [-0.2, -0.15) is 0 Å². The monoisotopic (exact) mass is 266 g/mol. The van der Waals surface area contributed by atoms with E-state index in [4.69, 9.17) is 20.4 Å². The van der Waals surface area contributed by atoms with Crippen LogP contribution in [-0.2, 0) is 19.1 Å². The van der Waals surface area contributed by atoms with Crippen molar-refractivity contribution < 1.29 is 39.5 Å². The minimum atomic E-state index is -1.40. The van der Waals surface area contributed by atoms with Gasteiger partial charge in [0.05, 0.1) is 12.8 Å². The second-order valence-electron chi connectivity index (χ2n) is 3.41. The van der Waals surface area contributed by atoms with Gasteiger partial charge in [-0.3, -0.25) is 9.59 Å². The van der Waals surface area contributed by atoms with Crippen LogP contribution in [-0.4, -0.2) is 58.2 Å². The topological polar surface area (TPSA) is 134 Å². The lowest BCUT2D eigenvalue weighted by molar-refractivity contribution is -0.177. The minimum Gasteiger partial charge on any atom is -0.436 e. The van der Waals surface area contributed by atoms with Crippen molar-refractivity contribution in [1.82, 2.24) is 0 Å². The first-order chi connectivity index (χ1) is 8.49. The number of aliphatic hydroxyl groups excluding tert-OH is 4. The van der Waals surface area contributed by atoms with Gasteiger partial charge >= 0.3 is 11.9 Å². The van der Waals surface area contributed by atoms with Crippen LogP contribution in [0.4, 0.5) is 0 Å². The third kappa shape index (κ3) is 8.88. The molecule has 0 aromatic heterocycles. The maximum atomic E-state index is 11.1. The summed E-state index contributed by atoms with van der Waals surface area (Å²) in [6.07, 6.45) is -3.64. The predicted octanol–water partition coefficient (Wildman–Crippen LogP) is -1.75. The fourth-order valence-electron chi connectivity index (χ4n) is 0.964. The molecule has 8 nitrogen and oxygen atoms in total. The number of hydrogen-bond acceptors (Lipinski definition) is 8. The molecule has 0 heterocycles. The first-order valence-corrected chi connectivity index (χ1v) is 5.46. The summed E-state index contributed by atoms with van der Waals surface area (Å²) < 4.78 is 8.88. The standard InChI is InChI=1S/C10H18O8/c11-5-3-9(15)17-7(13)1-2-8(14)18-10(16)4-6-12/h9-12,15-16H,1-6H2. The summed E-state index contributed by atoms with van der Waals surface area (Å²) in [5.74, 6) is -1.63. The van der Waals surface area contributed by atoms with E-state index < -0.39 is 24.5 Å². The summed E-state index contributed by atoms with van der Waals surface area (Å²) in [5, 5.41) is 34.9. The molecule has 2 atom stereocenters. The van der Waals surface area contributed by atoms with Crippen molar-refractivity contribution >= 4 is 11.9 Å². The van der Waals surface area contributed by atoms with Crippen LogP contribution < -0.4 is 0 Å². The molecular formula is C10H18O8. The smallest absolute Gasteiger partial charge is 0.308 e. The van der Waals surface area contributed by atoms with Crippen LogP contribution in [0.1, 0.15) is 25.7 Å². The molecule has 4 N–H and O–H groups in total. The molecule has 106 valence electrons. The van der Waals surface area contributed by atoms with E-state index in [0.29, 0.717) is 0 Å². The fourth-order valence-corrected chi connectivity index (χ4v) is 0.964. The first kappa shape index (κ1) is 16.8. The Bertz CT molecular complexity index is 228. The second-order valence-corrected chi connectivity index (χ2v) is 3.41. The fraction of sp³-hybridized carbons (Fsp3) is 0.800. The summed E-state index contributed by atoms with van der Waals surface area (Å²) >= 11 is 0. The SMILES string of the molecule is O=C(CCC(=O)OC(O)CCO)OC(O)CCO. The molecule has 18 heavy (non-hydrogen) atoms. The van der Waals surface area contributed by atoms with Crippen LogP contribution in [0, 0.1) is 0 Å². The van der Waals surface area contributed by atoms with Gasteiger partial charge in [0.2, 0.25) is 12.6 Å². The highest BCUT2D eigenvalue weighted by atomic mass is 16.6. The highest BCUT2D eigenvalue weighted by Gasteiger charge is 2.15. The number of carbonyl (C=O) groups excluding carboxylic acids is 2. The van der Waals surface area contributed by atoms with E-state index in [1.807, 2.05) is 0 Å². The van der Waals surface area contributed by atoms with Gasteiger partial charge in [-0.1, -0.05) is 0 Å². The third-order valence-corrected chi connectivity index (χ3v) is 1.82. The molecular weight excluding hydrogens is 248 g/mol. The molecule has 0 bridgehead atoms. The molecule has 8 heteroatoms. The third-order valence-electron chi connectivity index (χ3n) is 1.82. The van der Waals surface area contributed by atoms with Crippen molar-refractivity contribution in [1.29, 1.82) is 0 Å². The van der Waals surface area contributed by atoms with Gasteiger partial charge in [0.1, 0.15) is 0 Å². The molecule has 0 saturated carbocycles. The summed E-state index contributed by atoms with van der Waals surface area (Å²) in [7, 11) is 0. The van der Waals surface area contributed by atoms with Crippen molar-refractivity contribution in [3.63, 3.8) is 0 Å². The molecule has 0 rings (SSSR count). The molecule has 2 unspecified atom stereocenters. The molecule has 0 aliphatic heterocycles. The van der Waals surface area contributed by atoms with Crippen molar-refractivity contribution in [2.45, 2.75) is 38.3 Å². The van der Waals surface area contributed by atoms with Crippen molar-refractivity contribution in [3.05, 3.63) is 0 Å². The Morgan fingerprint density at radius 1 is 0.833 bits per heavy atom. The molecule has 0 radical (unpaired) electrons. The van der Waals surface area contributed by atoms with Crippen LogP contribution in [0.3, 0.4) is 0 Å². The number of esters is 2. The summed E-state index contributed by atoms with van der Waals surface area (Å²) in [6, 6.07) is 0. The Labute approximate surface area is 104 Å². The van der Waals surface area contributed by atoms with Gasteiger partial charge in [-0.15, -0.1) is 0 Å². The predicted molar refractivity (Wildman–Crippen MR) is 56.8 cm³/mol. The van der Waals surface area contributed by atoms with Gasteiger partial charge < -0.3 is 29.9 Å². The summed E-state index contributed by atoms with van der Waals surface area (Å²) in [5.41, 5.74) is 0. The van der Waals surface area contributed by atoms with E-state index in [0.717, 1.165) is 0 Å². The average Bonchev–Trinajstić information content (AvgIpc) is 2.27. The Hall–Kier alpha value is -1.22. The number of ether oxygens (including phenoxy) is 2. The van der Waals surface area contributed by atoms with Crippen molar-refractivity contribution in [2.24, 2.45) is 0 Å². The highest BCUT2D eigenvalue weighted by Crippen LogP contribution is 2.02. The summed E-state index contributed by atoms with van der Waals surface area (Å²) in [4.78, 5) is 22.1. The minimum absolute atomic E-state index is 0.106. The van der Waals surface area contributed by atoms with Crippen LogP contribution in [0.2, 0.25) is 0 Å². The zero-order valence-corrected chi connectivity index (χ0v) is 9.82. The molecule has 0 aromatic carbocycles. The number of carbonyl (C=O) groups is 2. The largest absolute Gasteiger partial charge is 0.436 e. The zero-order valence-electron chi connectivity index (χ0n) is 9.82. The first-order valence-electron chi connectivity index (χ1n) is 5.46. The molecule has 0 amide bonds. The van der Waals surface area contributed by atoms with E-state index in [-0.39, 0.29) is 38.9 Å². The van der Waals surface area contributed by atoms with E-state index in [1.165, 1.54) is 0 Å². The molecule has 0 aromatic rings. The zero-order chi connectivity index (χ0) is 14.0. The lowest BCUT2D eigenvalue weighted by atomic mass is 10.3. The van der Waals surface area contributed by atoms with Gasteiger partial charge in [0.15, 0.2) is 0 Å². The molecule has 0 aliphatic rings.